The molecule has 1 aromatic heterocycles. The fourth-order valence-electron chi connectivity index (χ4n) is 4.64. The summed E-state index contributed by atoms with van der Waals surface area (Å²) in [6.07, 6.45) is 4.29. The maximum absolute atomic E-state index is 5.63. The van der Waals surface area contributed by atoms with Crippen LogP contribution in [-0.4, -0.2) is 28.4 Å². The van der Waals surface area contributed by atoms with E-state index in [1.807, 2.05) is 30.5 Å². The Bertz CT molecular complexity index is 1290. The lowest BCUT2D eigenvalue weighted by atomic mass is 10.1. The maximum Gasteiger partial charge on any atom is 0.231 e. The Morgan fingerprint density at radius 3 is 2.50 bits per heavy atom. The third-order valence-corrected chi connectivity index (χ3v) is 6.47. The van der Waals surface area contributed by atoms with E-state index in [1.54, 1.807) is 7.11 Å². The van der Waals surface area contributed by atoms with E-state index in [0.717, 1.165) is 67.7 Å². The minimum absolute atomic E-state index is 0.283. The Morgan fingerprint density at radius 1 is 0.889 bits per heavy atom. The van der Waals surface area contributed by atoms with E-state index >= 15 is 0 Å². The highest BCUT2D eigenvalue weighted by molar-refractivity contribution is 5.56. The fraction of sp³-hybridized carbons (Fsp3) is 0.300. The molecule has 1 aliphatic heterocycles. The molecule has 0 N–H and O–H groups in total. The van der Waals surface area contributed by atoms with Crippen molar-refractivity contribution >= 4 is 0 Å². The molecule has 6 heteroatoms. The molecule has 0 fully saturated rings. The quantitative estimate of drug-likeness (QED) is 0.251. The van der Waals surface area contributed by atoms with Gasteiger partial charge in [0.15, 0.2) is 11.5 Å². The first-order chi connectivity index (χ1) is 17.7. The first-order valence-electron chi connectivity index (χ1n) is 12.6. The lowest BCUT2D eigenvalue weighted by molar-refractivity contribution is 0.174. The molecule has 4 aromatic rings. The number of hydrogen-bond donors (Lipinski definition) is 0. The molecule has 1 aliphatic rings. The van der Waals surface area contributed by atoms with Gasteiger partial charge in [0.25, 0.3) is 0 Å². The van der Waals surface area contributed by atoms with Crippen LogP contribution in [-0.2, 0) is 26.2 Å². The molecule has 186 valence electrons. The molecule has 6 nitrogen and oxygen atoms in total. The number of imidazole rings is 1. The van der Waals surface area contributed by atoms with Crippen molar-refractivity contribution in [1.29, 1.82) is 0 Å². The van der Waals surface area contributed by atoms with Crippen molar-refractivity contribution in [3.8, 4) is 28.6 Å². The summed E-state index contributed by atoms with van der Waals surface area (Å²) in [6.45, 7) is 5.79. The molecule has 0 amide bonds. The average molecular weight is 484 g/mol. The summed E-state index contributed by atoms with van der Waals surface area (Å²) < 4.78 is 19.0. The van der Waals surface area contributed by atoms with Gasteiger partial charge in [-0.1, -0.05) is 61.9 Å². The lowest BCUT2D eigenvalue weighted by Crippen LogP contribution is -2.24. The number of methoxy groups -OCH3 is 1. The van der Waals surface area contributed by atoms with Crippen molar-refractivity contribution in [2.24, 2.45) is 0 Å². The van der Waals surface area contributed by atoms with Crippen molar-refractivity contribution < 1.29 is 14.2 Å². The van der Waals surface area contributed by atoms with Gasteiger partial charge in [0, 0.05) is 31.7 Å². The molecule has 0 saturated carbocycles. The summed E-state index contributed by atoms with van der Waals surface area (Å²) in [5.74, 6) is 3.52. The van der Waals surface area contributed by atoms with Crippen molar-refractivity contribution in [2.45, 2.75) is 45.9 Å². The molecule has 5 rings (SSSR count). The van der Waals surface area contributed by atoms with E-state index < -0.39 is 0 Å². The van der Waals surface area contributed by atoms with Crippen LogP contribution in [0.5, 0.6) is 17.2 Å². The van der Waals surface area contributed by atoms with Gasteiger partial charge in [0.05, 0.1) is 19.0 Å². The van der Waals surface area contributed by atoms with Crippen molar-refractivity contribution in [3.05, 3.63) is 95.8 Å². The van der Waals surface area contributed by atoms with Gasteiger partial charge >= 0.3 is 0 Å². The molecular formula is C30H33N3O3. The minimum Gasteiger partial charge on any atom is -0.497 e. The van der Waals surface area contributed by atoms with Crippen LogP contribution in [0.25, 0.3) is 11.4 Å². The normalized spacial score (nSPS) is 12.3. The first kappa shape index (κ1) is 23.9. The minimum atomic E-state index is 0.283. The molecule has 0 atom stereocenters. The molecule has 36 heavy (non-hydrogen) atoms. The first-order valence-corrected chi connectivity index (χ1v) is 12.6. The van der Waals surface area contributed by atoms with Gasteiger partial charge in [-0.25, -0.2) is 4.98 Å². The zero-order valence-electron chi connectivity index (χ0n) is 21.0. The predicted molar refractivity (Wildman–Crippen MR) is 141 cm³/mol. The summed E-state index contributed by atoms with van der Waals surface area (Å²) in [5, 5.41) is 0. The van der Waals surface area contributed by atoms with Crippen LogP contribution < -0.4 is 14.2 Å². The monoisotopic (exact) mass is 483 g/mol. The third-order valence-electron chi connectivity index (χ3n) is 6.47. The van der Waals surface area contributed by atoms with Gasteiger partial charge in [-0.3, -0.25) is 4.90 Å². The number of fused-ring (bicyclic) bond motifs is 1. The van der Waals surface area contributed by atoms with Gasteiger partial charge in [0.1, 0.15) is 11.6 Å². The highest BCUT2D eigenvalue weighted by Gasteiger charge is 2.18. The van der Waals surface area contributed by atoms with Gasteiger partial charge in [0.2, 0.25) is 6.79 Å². The summed E-state index contributed by atoms with van der Waals surface area (Å²) in [4.78, 5) is 7.31. The largest absolute Gasteiger partial charge is 0.497 e. The third kappa shape index (κ3) is 5.55. The topological polar surface area (TPSA) is 48.8 Å². The van der Waals surface area contributed by atoms with E-state index in [0.29, 0.717) is 0 Å². The van der Waals surface area contributed by atoms with Crippen LogP contribution in [0.4, 0.5) is 0 Å². The number of rotatable bonds is 11. The SMILES string of the molecule is CCCCn1c(CN(Cc2cccc(OC)c2)Cc2ccc3c(c2)OCO3)cnc1-c1ccccc1. The van der Waals surface area contributed by atoms with Crippen LogP contribution in [0.2, 0.25) is 0 Å². The Hall–Kier alpha value is -3.77. The number of unbranched alkanes of at least 4 members (excludes halogenated alkanes) is 1. The van der Waals surface area contributed by atoms with E-state index in [4.69, 9.17) is 19.2 Å². The van der Waals surface area contributed by atoms with Gasteiger partial charge < -0.3 is 18.8 Å². The molecular weight excluding hydrogens is 450 g/mol. The van der Waals surface area contributed by atoms with E-state index in [2.05, 4.69) is 64.9 Å². The van der Waals surface area contributed by atoms with Crippen molar-refractivity contribution in [1.82, 2.24) is 14.5 Å². The number of aromatic nitrogens is 2. The fourth-order valence-corrected chi connectivity index (χ4v) is 4.64. The molecule has 0 bridgehead atoms. The van der Waals surface area contributed by atoms with Crippen LogP contribution >= 0.6 is 0 Å². The second-order valence-corrected chi connectivity index (χ2v) is 9.13. The van der Waals surface area contributed by atoms with Crippen molar-refractivity contribution in [3.63, 3.8) is 0 Å². The average Bonchev–Trinajstić information content (AvgIpc) is 3.54. The van der Waals surface area contributed by atoms with E-state index in [1.165, 1.54) is 16.8 Å². The Labute approximate surface area is 213 Å². The van der Waals surface area contributed by atoms with Gasteiger partial charge in [-0.15, -0.1) is 0 Å². The molecule has 0 saturated heterocycles. The molecule has 3 aromatic carbocycles. The second-order valence-electron chi connectivity index (χ2n) is 9.13. The smallest absolute Gasteiger partial charge is 0.231 e. The van der Waals surface area contributed by atoms with Crippen LogP contribution in [0.1, 0.15) is 36.6 Å². The number of nitrogens with zero attached hydrogens (tertiary/aromatic N) is 3. The standard InChI is InChI=1S/C30H33N3O3/c1-3-4-15-33-26(18-31-30(33)25-10-6-5-7-11-25)21-32(19-23-9-8-12-27(16-23)34-2)20-24-13-14-28-29(17-24)36-22-35-28/h5-14,16-18H,3-4,15,19-22H2,1-2H3. The second kappa shape index (κ2) is 11.3. The predicted octanol–water partition coefficient (Wildman–Crippen LogP) is 6.29. The van der Waals surface area contributed by atoms with Crippen molar-refractivity contribution in [2.75, 3.05) is 13.9 Å². The number of ether oxygens (including phenoxy) is 3. The Kier molecular flexibility index (Phi) is 7.52. The van der Waals surface area contributed by atoms with E-state index in [9.17, 15) is 0 Å². The highest BCUT2D eigenvalue weighted by atomic mass is 16.7. The van der Waals surface area contributed by atoms with Crippen LogP contribution in [0.3, 0.4) is 0 Å². The zero-order chi connectivity index (χ0) is 24.7. The van der Waals surface area contributed by atoms with Gasteiger partial charge in [-0.05, 0) is 41.8 Å². The molecule has 0 radical (unpaired) electrons. The summed E-state index contributed by atoms with van der Waals surface area (Å²) in [6, 6.07) is 25.0. The summed E-state index contributed by atoms with van der Waals surface area (Å²) in [5.41, 5.74) is 4.75. The highest BCUT2D eigenvalue weighted by Crippen LogP contribution is 2.33. The maximum atomic E-state index is 5.63. The van der Waals surface area contributed by atoms with Crippen LogP contribution in [0.15, 0.2) is 79.0 Å². The Balaban J connectivity index is 1.45. The van der Waals surface area contributed by atoms with Gasteiger partial charge in [-0.2, -0.15) is 0 Å². The molecule has 0 spiro atoms. The molecule has 0 aliphatic carbocycles. The number of benzene rings is 3. The summed E-state index contributed by atoms with van der Waals surface area (Å²) in [7, 11) is 1.71. The van der Waals surface area contributed by atoms with E-state index in [-0.39, 0.29) is 6.79 Å². The zero-order valence-corrected chi connectivity index (χ0v) is 21.0. The lowest BCUT2D eigenvalue weighted by Gasteiger charge is -2.24. The summed E-state index contributed by atoms with van der Waals surface area (Å²) >= 11 is 0. The molecule has 0 unspecified atom stereocenters. The Morgan fingerprint density at radius 2 is 1.69 bits per heavy atom. The van der Waals surface area contributed by atoms with Crippen LogP contribution in [0, 0.1) is 0 Å². The molecule has 2 heterocycles. The number of hydrogen-bond acceptors (Lipinski definition) is 5.